The van der Waals surface area contributed by atoms with Crippen LogP contribution in [-0.2, 0) is 0 Å². The molecule has 1 atom stereocenters. The second kappa shape index (κ2) is 4.69. The van der Waals surface area contributed by atoms with E-state index in [1.165, 1.54) is 6.20 Å². The number of rotatable bonds is 3. The molecule has 0 bridgehead atoms. The van der Waals surface area contributed by atoms with Crippen LogP contribution in [0.4, 0.5) is 5.69 Å². The molecule has 88 valence electrons. The number of hydrogen-bond acceptors (Lipinski definition) is 4. The lowest BCUT2D eigenvalue weighted by Gasteiger charge is -2.10. The van der Waals surface area contributed by atoms with E-state index in [-0.39, 0.29) is 11.9 Å². The molecule has 2 rings (SSSR count). The normalized spacial score (nSPS) is 12.1. The highest BCUT2D eigenvalue weighted by atomic mass is 16.3. The van der Waals surface area contributed by atoms with Gasteiger partial charge in [0.2, 0.25) is 0 Å². The van der Waals surface area contributed by atoms with Gasteiger partial charge >= 0.3 is 0 Å². The maximum absolute atomic E-state index is 11.8. The Balaban J connectivity index is 2.04. The van der Waals surface area contributed by atoms with Gasteiger partial charge < -0.3 is 15.5 Å². The maximum atomic E-state index is 11.8. The summed E-state index contributed by atoms with van der Waals surface area (Å²) in [6, 6.07) is 6.61. The van der Waals surface area contributed by atoms with E-state index in [1.54, 1.807) is 30.5 Å². The van der Waals surface area contributed by atoms with E-state index in [1.807, 2.05) is 6.92 Å². The fraction of sp³-hybridized carbons (Fsp3) is 0.167. The second-order valence-corrected chi connectivity index (χ2v) is 3.69. The van der Waals surface area contributed by atoms with Gasteiger partial charge in [0.1, 0.15) is 11.5 Å². The molecular formula is C12H13N3O2. The van der Waals surface area contributed by atoms with Gasteiger partial charge in [-0.05, 0) is 31.2 Å². The van der Waals surface area contributed by atoms with Crippen molar-refractivity contribution in [1.29, 1.82) is 0 Å². The summed E-state index contributed by atoms with van der Waals surface area (Å²) in [4.78, 5) is 15.8. The van der Waals surface area contributed by atoms with E-state index in [9.17, 15) is 4.79 Å². The summed E-state index contributed by atoms with van der Waals surface area (Å²) in [5.74, 6) is 0.447. The van der Waals surface area contributed by atoms with Gasteiger partial charge in [0.15, 0.2) is 0 Å². The van der Waals surface area contributed by atoms with E-state index in [4.69, 9.17) is 10.2 Å². The molecule has 1 amide bonds. The largest absolute Gasteiger partial charge is 0.467 e. The Morgan fingerprint density at radius 2 is 2.29 bits per heavy atom. The summed E-state index contributed by atoms with van der Waals surface area (Å²) < 4.78 is 5.20. The fourth-order valence-electron chi connectivity index (χ4n) is 1.42. The molecule has 0 aliphatic carbocycles. The summed E-state index contributed by atoms with van der Waals surface area (Å²) in [5, 5.41) is 2.78. The van der Waals surface area contributed by atoms with Gasteiger partial charge in [-0.25, -0.2) is 4.98 Å². The first-order chi connectivity index (χ1) is 8.16. The van der Waals surface area contributed by atoms with Crippen molar-refractivity contribution in [2.75, 3.05) is 5.73 Å². The summed E-state index contributed by atoms with van der Waals surface area (Å²) in [6.07, 6.45) is 3.02. The number of hydrogen-bond donors (Lipinski definition) is 2. The number of pyridine rings is 1. The van der Waals surface area contributed by atoms with Crippen molar-refractivity contribution < 1.29 is 9.21 Å². The predicted molar refractivity (Wildman–Crippen MR) is 63.2 cm³/mol. The zero-order valence-electron chi connectivity index (χ0n) is 9.38. The molecule has 0 aromatic carbocycles. The Kier molecular flexibility index (Phi) is 3.09. The van der Waals surface area contributed by atoms with Crippen LogP contribution in [0, 0.1) is 0 Å². The summed E-state index contributed by atoms with van der Waals surface area (Å²) in [6.45, 7) is 1.84. The predicted octanol–water partition coefficient (Wildman–Crippen LogP) is 1.75. The molecular weight excluding hydrogens is 218 g/mol. The van der Waals surface area contributed by atoms with Crippen LogP contribution in [-0.4, -0.2) is 10.9 Å². The van der Waals surface area contributed by atoms with Gasteiger partial charge in [-0.3, -0.25) is 4.79 Å². The van der Waals surface area contributed by atoms with Gasteiger partial charge in [-0.2, -0.15) is 0 Å². The third-order valence-electron chi connectivity index (χ3n) is 2.34. The summed E-state index contributed by atoms with van der Waals surface area (Å²) >= 11 is 0. The third kappa shape index (κ3) is 2.63. The fourth-order valence-corrected chi connectivity index (χ4v) is 1.42. The van der Waals surface area contributed by atoms with Crippen LogP contribution in [0.1, 0.15) is 29.2 Å². The zero-order valence-corrected chi connectivity index (χ0v) is 9.38. The monoisotopic (exact) mass is 231 g/mol. The molecule has 0 fully saturated rings. The first kappa shape index (κ1) is 11.2. The van der Waals surface area contributed by atoms with E-state index in [0.717, 1.165) is 0 Å². The van der Waals surface area contributed by atoms with Crippen molar-refractivity contribution >= 4 is 11.6 Å². The van der Waals surface area contributed by atoms with Gasteiger partial charge in [-0.1, -0.05) is 0 Å². The molecule has 0 aliphatic heterocycles. The third-order valence-corrected chi connectivity index (χ3v) is 2.34. The molecule has 5 nitrogen and oxygen atoms in total. The molecule has 0 saturated carbocycles. The average Bonchev–Trinajstić information content (AvgIpc) is 2.83. The lowest BCUT2D eigenvalue weighted by atomic mass is 10.2. The minimum Gasteiger partial charge on any atom is -0.467 e. The number of nitrogens with zero attached hydrogens (tertiary/aromatic N) is 1. The van der Waals surface area contributed by atoms with Crippen LogP contribution >= 0.6 is 0 Å². The van der Waals surface area contributed by atoms with Crippen molar-refractivity contribution in [2.24, 2.45) is 0 Å². The number of nitrogens with two attached hydrogens (primary N) is 1. The van der Waals surface area contributed by atoms with Crippen LogP contribution in [0.25, 0.3) is 0 Å². The number of carbonyl (C=O) groups excluding carboxylic acids is 1. The highest BCUT2D eigenvalue weighted by Gasteiger charge is 2.13. The van der Waals surface area contributed by atoms with Crippen LogP contribution in [0.2, 0.25) is 0 Å². The van der Waals surface area contributed by atoms with E-state index < -0.39 is 0 Å². The Morgan fingerprint density at radius 1 is 1.47 bits per heavy atom. The molecule has 2 aromatic heterocycles. The van der Waals surface area contributed by atoms with Gasteiger partial charge in [0, 0.05) is 0 Å². The molecule has 3 N–H and O–H groups in total. The quantitative estimate of drug-likeness (QED) is 0.843. The SMILES string of the molecule is CC(NC(=O)c1ccc(N)cn1)c1ccco1. The topological polar surface area (TPSA) is 81.2 Å². The van der Waals surface area contributed by atoms with Gasteiger partial charge in [0.05, 0.1) is 24.2 Å². The molecule has 5 heteroatoms. The molecule has 2 aromatic rings. The Hall–Kier alpha value is -2.30. The molecule has 17 heavy (non-hydrogen) atoms. The van der Waals surface area contributed by atoms with Crippen LogP contribution in [0.5, 0.6) is 0 Å². The standard InChI is InChI=1S/C12H13N3O2/c1-8(11-3-2-6-17-11)15-12(16)10-5-4-9(13)7-14-10/h2-8H,13H2,1H3,(H,15,16). The first-order valence-electron chi connectivity index (χ1n) is 5.22. The van der Waals surface area contributed by atoms with E-state index >= 15 is 0 Å². The number of nitrogen functional groups attached to an aromatic ring is 1. The first-order valence-corrected chi connectivity index (χ1v) is 5.22. The molecule has 0 radical (unpaired) electrons. The maximum Gasteiger partial charge on any atom is 0.270 e. The number of nitrogens with one attached hydrogen (secondary N) is 1. The Labute approximate surface area is 98.6 Å². The molecule has 1 unspecified atom stereocenters. The number of carbonyl (C=O) groups is 1. The van der Waals surface area contributed by atoms with Crippen molar-refractivity contribution in [3.63, 3.8) is 0 Å². The number of furan rings is 1. The second-order valence-electron chi connectivity index (χ2n) is 3.69. The van der Waals surface area contributed by atoms with Crippen LogP contribution < -0.4 is 11.1 Å². The number of anilines is 1. The minimum atomic E-state index is -0.256. The van der Waals surface area contributed by atoms with Crippen molar-refractivity contribution in [1.82, 2.24) is 10.3 Å². The molecule has 0 aliphatic rings. The number of aromatic nitrogens is 1. The zero-order chi connectivity index (χ0) is 12.3. The lowest BCUT2D eigenvalue weighted by Crippen LogP contribution is -2.27. The highest BCUT2D eigenvalue weighted by molar-refractivity contribution is 5.92. The lowest BCUT2D eigenvalue weighted by molar-refractivity contribution is 0.0930. The van der Waals surface area contributed by atoms with E-state index in [0.29, 0.717) is 17.1 Å². The average molecular weight is 231 g/mol. The minimum absolute atomic E-state index is 0.197. The smallest absolute Gasteiger partial charge is 0.270 e. The molecule has 2 heterocycles. The molecule has 0 saturated heterocycles. The highest BCUT2D eigenvalue weighted by Crippen LogP contribution is 2.12. The Bertz CT molecular complexity index is 491. The summed E-state index contributed by atoms with van der Waals surface area (Å²) in [5.41, 5.74) is 6.36. The van der Waals surface area contributed by atoms with Gasteiger partial charge in [-0.15, -0.1) is 0 Å². The van der Waals surface area contributed by atoms with Crippen LogP contribution in [0.3, 0.4) is 0 Å². The Morgan fingerprint density at radius 3 is 2.88 bits per heavy atom. The van der Waals surface area contributed by atoms with Crippen LogP contribution in [0.15, 0.2) is 41.1 Å². The van der Waals surface area contributed by atoms with Crippen molar-refractivity contribution in [2.45, 2.75) is 13.0 Å². The van der Waals surface area contributed by atoms with E-state index in [2.05, 4.69) is 10.3 Å². The van der Waals surface area contributed by atoms with Crippen molar-refractivity contribution in [3.05, 3.63) is 48.2 Å². The number of amides is 1. The van der Waals surface area contributed by atoms with Crippen molar-refractivity contribution in [3.8, 4) is 0 Å². The molecule has 0 spiro atoms. The van der Waals surface area contributed by atoms with Gasteiger partial charge in [0.25, 0.3) is 5.91 Å². The summed E-state index contributed by atoms with van der Waals surface area (Å²) in [7, 11) is 0.